The van der Waals surface area contributed by atoms with E-state index in [0.29, 0.717) is 12.8 Å². The Morgan fingerprint density at radius 3 is 1.50 bits per heavy atom. The molecule has 0 rings (SSSR count). The first-order valence-corrected chi connectivity index (χ1v) is 5.36. The van der Waals surface area contributed by atoms with Gasteiger partial charge in [0.2, 0.25) is 0 Å². The third-order valence-electron chi connectivity index (χ3n) is 0.932. The van der Waals surface area contributed by atoms with Crippen LogP contribution in [0.4, 0.5) is 0 Å². The molecule has 2 unspecified atom stereocenters. The van der Waals surface area contributed by atoms with Gasteiger partial charge in [0.05, 0.1) is 0 Å². The van der Waals surface area contributed by atoms with E-state index in [1.54, 1.807) is 0 Å². The van der Waals surface area contributed by atoms with E-state index >= 15 is 0 Å². The average molecular weight is 214 g/mol. The minimum atomic E-state index is -2.79. The lowest BCUT2D eigenvalue weighted by Crippen LogP contribution is -1.98. The zero-order valence-electron chi connectivity index (χ0n) is 6.17. The van der Waals surface area contributed by atoms with Gasteiger partial charge in [0.15, 0.2) is 0 Å². The molecule has 0 saturated heterocycles. The van der Waals surface area contributed by atoms with Crippen molar-refractivity contribution in [3.05, 3.63) is 0 Å². The molecule has 0 aromatic rings. The summed E-state index contributed by atoms with van der Waals surface area (Å²) in [4.78, 5) is 19.7. The maximum atomic E-state index is 9.83. The molecule has 0 N–H and O–H groups in total. The summed E-state index contributed by atoms with van der Waals surface area (Å²) in [6.45, 7) is 0.134. The summed E-state index contributed by atoms with van der Waals surface area (Å²) in [5, 5.41) is 0. The molecule has 2 atom stereocenters. The molecule has 0 aromatic heterocycles. The minimum absolute atomic E-state index is 0.0672. The first-order valence-electron chi connectivity index (χ1n) is 3.17. The first kappa shape index (κ1) is 12.0. The molecule has 0 spiro atoms. The molecule has 12 heavy (non-hydrogen) atoms. The highest BCUT2D eigenvalue weighted by Gasteiger charge is 2.02. The fraction of sp³-hybridized carbons (Fsp3) is 1.00. The van der Waals surface area contributed by atoms with Gasteiger partial charge < -0.3 is 9.79 Å². The SMILES string of the molecule is O=[P+]([O-])OCCCCO[P+](=O)[O-]. The molecule has 70 valence electrons. The zero-order chi connectivity index (χ0) is 9.40. The lowest BCUT2D eigenvalue weighted by atomic mass is 10.3. The molecule has 0 aliphatic carbocycles. The van der Waals surface area contributed by atoms with Gasteiger partial charge in [0.1, 0.15) is 13.2 Å². The van der Waals surface area contributed by atoms with Crippen LogP contribution in [0, 0.1) is 0 Å². The van der Waals surface area contributed by atoms with E-state index in [1.807, 2.05) is 0 Å². The molecular weight excluding hydrogens is 206 g/mol. The molecule has 0 heterocycles. The number of unbranched alkanes of at least 4 members (excludes halogenated alkanes) is 1. The summed E-state index contributed by atoms with van der Waals surface area (Å²) in [5.41, 5.74) is 0. The largest absolute Gasteiger partial charge is 0.566 e. The fourth-order valence-corrected chi connectivity index (χ4v) is 1.04. The van der Waals surface area contributed by atoms with Gasteiger partial charge in [-0.05, 0) is 22.0 Å². The summed E-state index contributed by atoms with van der Waals surface area (Å²) >= 11 is 0. The summed E-state index contributed by atoms with van der Waals surface area (Å²) in [7, 11) is -5.59. The second-order valence-corrected chi connectivity index (χ2v) is 3.23. The van der Waals surface area contributed by atoms with Gasteiger partial charge >= 0.3 is 16.5 Å². The van der Waals surface area contributed by atoms with Crippen molar-refractivity contribution in [2.24, 2.45) is 0 Å². The molecule has 0 bridgehead atoms. The van der Waals surface area contributed by atoms with Crippen LogP contribution in [0.25, 0.3) is 0 Å². The molecule has 6 nitrogen and oxygen atoms in total. The van der Waals surface area contributed by atoms with Gasteiger partial charge in [0.25, 0.3) is 0 Å². The Kier molecular flexibility index (Phi) is 7.70. The van der Waals surface area contributed by atoms with Crippen molar-refractivity contribution >= 4 is 16.5 Å². The van der Waals surface area contributed by atoms with E-state index in [4.69, 9.17) is 0 Å². The zero-order valence-corrected chi connectivity index (χ0v) is 7.96. The first-order chi connectivity index (χ1) is 5.63. The van der Waals surface area contributed by atoms with Crippen molar-refractivity contribution in [2.75, 3.05) is 13.2 Å². The lowest BCUT2D eigenvalue weighted by molar-refractivity contribution is -0.187. The third-order valence-corrected chi connectivity index (χ3v) is 1.72. The second-order valence-electron chi connectivity index (χ2n) is 1.82. The van der Waals surface area contributed by atoms with E-state index in [-0.39, 0.29) is 13.2 Å². The lowest BCUT2D eigenvalue weighted by Gasteiger charge is -1.93. The van der Waals surface area contributed by atoms with Crippen molar-refractivity contribution < 1.29 is 28.0 Å². The van der Waals surface area contributed by atoms with Crippen molar-refractivity contribution in [3.8, 4) is 0 Å². The van der Waals surface area contributed by atoms with Gasteiger partial charge in [-0.2, -0.15) is 0 Å². The van der Waals surface area contributed by atoms with Crippen LogP contribution < -0.4 is 9.79 Å². The summed E-state index contributed by atoms with van der Waals surface area (Å²) < 4.78 is 28.0. The van der Waals surface area contributed by atoms with Gasteiger partial charge in [-0.25, -0.2) is 0 Å². The smallest absolute Gasteiger partial charge is 0.488 e. The van der Waals surface area contributed by atoms with Gasteiger partial charge in [-0.15, -0.1) is 9.05 Å². The van der Waals surface area contributed by atoms with E-state index in [2.05, 4.69) is 9.05 Å². The second kappa shape index (κ2) is 7.68. The standard InChI is InChI=1S/C4H8O6P2/c5-11(6)9-3-1-2-4-10-12(7)8/h1-4H2. The van der Waals surface area contributed by atoms with E-state index in [0.717, 1.165) is 0 Å². The highest BCUT2D eigenvalue weighted by molar-refractivity contribution is 7.30. The molecular formula is C4H8O6P2. The Bertz CT molecular complexity index is 142. The van der Waals surface area contributed by atoms with Crippen molar-refractivity contribution in [1.82, 2.24) is 0 Å². The average Bonchev–Trinajstić information content (AvgIpc) is 1.95. The minimum Gasteiger partial charge on any atom is -0.566 e. The van der Waals surface area contributed by atoms with E-state index in [9.17, 15) is 18.9 Å². The third kappa shape index (κ3) is 10.0. The highest BCUT2D eigenvalue weighted by Crippen LogP contribution is 2.12. The molecule has 0 aromatic carbocycles. The van der Waals surface area contributed by atoms with Gasteiger partial charge in [-0.3, -0.25) is 0 Å². The number of rotatable bonds is 7. The Morgan fingerprint density at radius 2 is 1.25 bits per heavy atom. The van der Waals surface area contributed by atoms with Crippen LogP contribution in [0.1, 0.15) is 12.8 Å². The maximum absolute atomic E-state index is 9.83. The molecule has 0 saturated carbocycles. The number of hydrogen-bond acceptors (Lipinski definition) is 6. The monoisotopic (exact) mass is 214 g/mol. The number of hydrogen-bond donors (Lipinski definition) is 0. The van der Waals surface area contributed by atoms with Crippen LogP contribution >= 0.6 is 16.5 Å². The van der Waals surface area contributed by atoms with Crippen molar-refractivity contribution in [3.63, 3.8) is 0 Å². The van der Waals surface area contributed by atoms with E-state index < -0.39 is 16.5 Å². The highest BCUT2D eigenvalue weighted by atomic mass is 31.1. The Labute approximate surface area is 71.4 Å². The van der Waals surface area contributed by atoms with E-state index in [1.165, 1.54) is 0 Å². The molecule has 0 radical (unpaired) electrons. The Balaban J connectivity index is 3.01. The molecule has 0 aliphatic rings. The quantitative estimate of drug-likeness (QED) is 0.431. The van der Waals surface area contributed by atoms with Crippen LogP contribution in [0.5, 0.6) is 0 Å². The van der Waals surface area contributed by atoms with Crippen LogP contribution in [-0.2, 0) is 18.2 Å². The van der Waals surface area contributed by atoms with Crippen molar-refractivity contribution in [1.29, 1.82) is 0 Å². The topological polar surface area (TPSA) is 98.7 Å². The normalized spacial score (nSPS) is 12.8. The van der Waals surface area contributed by atoms with Gasteiger partial charge in [-0.1, -0.05) is 0 Å². The fourth-order valence-electron chi connectivity index (χ4n) is 0.482. The van der Waals surface area contributed by atoms with Crippen LogP contribution in [0.15, 0.2) is 0 Å². The summed E-state index contributed by atoms with van der Waals surface area (Å²) in [6, 6.07) is 0. The summed E-state index contributed by atoms with van der Waals surface area (Å²) in [5.74, 6) is 0. The maximum Gasteiger partial charge on any atom is 0.488 e. The van der Waals surface area contributed by atoms with Crippen LogP contribution in [0.3, 0.4) is 0 Å². The Hall–Kier alpha value is 0.0400. The molecule has 0 aliphatic heterocycles. The van der Waals surface area contributed by atoms with Crippen molar-refractivity contribution in [2.45, 2.75) is 12.8 Å². The molecule has 8 heteroatoms. The molecule has 0 fully saturated rings. The van der Waals surface area contributed by atoms with Crippen LogP contribution in [-0.4, -0.2) is 13.2 Å². The summed E-state index contributed by atoms with van der Waals surface area (Å²) in [6.07, 6.45) is 0.902. The Morgan fingerprint density at radius 1 is 0.917 bits per heavy atom. The van der Waals surface area contributed by atoms with Gasteiger partial charge in [0, 0.05) is 0 Å². The molecule has 0 amide bonds. The van der Waals surface area contributed by atoms with Crippen LogP contribution in [0.2, 0.25) is 0 Å². The predicted octanol–water partition coefficient (Wildman–Crippen LogP) is -0.165. The predicted molar refractivity (Wildman–Crippen MR) is 36.4 cm³/mol.